The van der Waals surface area contributed by atoms with Crippen LogP contribution in [-0.4, -0.2) is 19.1 Å². The van der Waals surface area contributed by atoms with Gasteiger partial charge in [-0.25, -0.2) is 0 Å². The Bertz CT molecular complexity index is 427. The molecule has 3 heteroatoms. The Labute approximate surface area is 121 Å². The second kappa shape index (κ2) is 7.32. The molecule has 20 heavy (non-hydrogen) atoms. The fourth-order valence-electron chi connectivity index (χ4n) is 3.03. The number of nitrogens with one attached hydrogen (secondary N) is 1. The first-order valence-corrected chi connectivity index (χ1v) is 7.66. The van der Waals surface area contributed by atoms with Crippen molar-refractivity contribution in [2.75, 3.05) is 7.11 Å². The van der Waals surface area contributed by atoms with Gasteiger partial charge in [0.2, 0.25) is 5.91 Å². The molecule has 0 heterocycles. The number of hydrogen-bond donors (Lipinski definition) is 1. The van der Waals surface area contributed by atoms with E-state index in [1.54, 1.807) is 7.11 Å². The summed E-state index contributed by atoms with van der Waals surface area (Å²) in [6.07, 6.45) is 6.13. The molecule has 0 spiro atoms. The largest absolute Gasteiger partial charge is 0.497 e. The summed E-state index contributed by atoms with van der Waals surface area (Å²) >= 11 is 0. The summed E-state index contributed by atoms with van der Waals surface area (Å²) in [5.41, 5.74) is 1.36. The van der Waals surface area contributed by atoms with E-state index in [9.17, 15) is 4.79 Å². The number of rotatable bonds is 5. The van der Waals surface area contributed by atoms with Gasteiger partial charge >= 0.3 is 0 Å². The highest BCUT2D eigenvalue weighted by Crippen LogP contribution is 2.33. The number of ether oxygens (including phenoxy) is 1. The van der Waals surface area contributed by atoms with Crippen LogP contribution in [0.4, 0.5) is 0 Å². The van der Waals surface area contributed by atoms with Crippen molar-refractivity contribution in [1.29, 1.82) is 0 Å². The van der Waals surface area contributed by atoms with E-state index in [2.05, 4.69) is 17.4 Å². The summed E-state index contributed by atoms with van der Waals surface area (Å²) in [7, 11) is 1.69. The smallest absolute Gasteiger partial charge is 0.220 e. The van der Waals surface area contributed by atoms with Crippen LogP contribution < -0.4 is 10.1 Å². The van der Waals surface area contributed by atoms with Gasteiger partial charge in [-0.1, -0.05) is 25.5 Å². The second-order valence-corrected chi connectivity index (χ2v) is 5.65. The van der Waals surface area contributed by atoms with Crippen molar-refractivity contribution >= 4 is 5.91 Å². The maximum absolute atomic E-state index is 11.7. The fourth-order valence-corrected chi connectivity index (χ4v) is 3.03. The lowest BCUT2D eigenvalue weighted by Crippen LogP contribution is -2.37. The van der Waals surface area contributed by atoms with Crippen LogP contribution in [0.2, 0.25) is 0 Å². The zero-order valence-electron chi connectivity index (χ0n) is 12.5. The predicted octanol–water partition coefficient (Wildman–Crippen LogP) is 3.64. The maximum atomic E-state index is 11.7. The van der Waals surface area contributed by atoms with Crippen LogP contribution in [0.25, 0.3) is 0 Å². The predicted molar refractivity (Wildman–Crippen MR) is 81.0 cm³/mol. The number of amides is 1. The molecule has 0 aromatic heterocycles. The molecular formula is C17H25NO2. The molecule has 1 aliphatic rings. The Morgan fingerprint density at radius 2 is 2.05 bits per heavy atom. The van der Waals surface area contributed by atoms with Crippen molar-refractivity contribution in [3.05, 3.63) is 29.8 Å². The van der Waals surface area contributed by atoms with Crippen LogP contribution in [0.1, 0.15) is 56.9 Å². The van der Waals surface area contributed by atoms with E-state index in [0.29, 0.717) is 18.4 Å². The SMILES string of the molecule is CCCC(=O)NC1CCCC(c2ccc(OC)cc2)C1. The van der Waals surface area contributed by atoms with Crippen molar-refractivity contribution in [3.63, 3.8) is 0 Å². The minimum absolute atomic E-state index is 0.202. The number of benzene rings is 1. The summed E-state index contributed by atoms with van der Waals surface area (Å²) in [5, 5.41) is 3.18. The first-order valence-electron chi connectivity index (χ1n) is 7.66. The molecule has 1 aromatic rings. The Kier molecular flexibility index (Phi) is 5.45. The lowest BCUT2D eigenvalue weighted by atomic mass is 9.81. The van der Waals surface area contributed by atoms with Crippen LogP contribution in [0, 0.1) is 0 Å². The van der Waals surface area contributed by atoms with Crippen molar-refractivity contribution in [3.8, 4) is 5.75 Å². The molecule has 1 N–H and O–H groups in total. The van der Waals surface area contributed by atoms with Gasteiger partial charge in [0.1, 0.15) is 5.75 Å². The van der Waals surface area contributed by atoms with Gasteiger partial charge in [-0.05, 0) is 49.3 Å². The van der Waals surface area contributed by atoms with Gasteiger partial charge in [-0.3, -0.25) is 4.79 Å². The number of methoxy groups -OCH3 is 1. The Morgan fingerprint density at radius 3 is 2.70 bits per heavy atom. The minimum Gasteiger partial charge on any atom is -0.497 e. The average molecular weight is 275 g/mol. The lowest BCUT2D eigenvalue weighted by Gasteiger charge is -2.30. The molecule has 2 atom stereocenters. The number of carbonyl (C=O) groups excluding carboxylic acids is 1. The van der Waals surface area contributed by atoms with E-state index >= 15 is 0 Å². The summed E-state index contributed by atoms with van der Waals surface area (Å²) in [5.74, 6) is 1.66. The Morgan fingerprint density at radius 1 is 1.30 bits per heavy atom. The third-order valence-corrected chi connectivity index (χ3v) is 4.10. The van der Waals surface area contributed by atoms with Gasteiger partial charge < -0.3 is 10.1 Å². The molecule has 2 unspecified atom stereocenters. The lowest BCUT2D eigenvalue weighted by molar-refractivity contribution is -0.122. The summed E-state index contributed by atoms with van der Waals surface area (Å²) in [6, 6.07) is 8.69. The molecule has 1 saturated carbocycles. The minimum atomic E-state index is 0.202. The zero-order valence-corrected chi connectivity index (χ0v) is 12.5. The highest BCUT2D eigenvalue weighted by Gasteiger charge is 2.24. The van der Waals surface area contributed by atoms with Crippen molar-refractivity contribution in [1.82, 2.24) is 5.32 Å². The molecule has 3 nitrogen and oxygen atoms in total. The third-order valence-electron chi connectivity index (χ3n) is 4.10. The van der Waals surface area contributed by atoms with Gasteiger partial charge in [-0.2, -0.15) is 0 Å². The third kappa shape index (κ3) is 3.99. The van der Waals surface area contributed by atoms with E-state index in [4.69, 9.17) is 4.74 Å². The molecule has 0 aliphatic heterocycles. The van der Waals surface area contributed by atoms with E-state index in [1.165, 1.54) is 18.4 Å². The molecule has 0 saturated heterocycles. The van der Waals surface area contributed by atoms with Gasteiger partial charge in [0.25, 0.3) is 0 Å². The van der Waals surface area contributed by atoms with E-state index in [0.717, 1.165) is 25.0 Å². The topological polar surface area (TPSA) is 38.3 Å². The number of hydrogen-bond acceptors (Lipinski definition) is 2. The van der Waals surface area contributed by atoms with Gasteiger partial charge in [0.05, 0.1) is 7.11 Å². The zero-order chi connectivity index (χ0) is 14.4. The quantitative estimate of drug-likeness (QED) is 0.891. The summed E-state index contributed by atoms with van der Waals surface area (Å²) < 4.78 is 5.20. The highest BCUT2D eigenvalue weighted by atomic mass is 16.5. The molecule has 2 rings (SSSR count). The average Bonchev–Trinajstić information content (AvgIpc) is 2.48. The maximum Gasteiger partial charge on any atom is 0.220 e. The molecular weight excluding hydrogens is 250 g/mol. The molecule has 0 bridgehead atoms. The second-order valence-electron chi connectivity index (χ2n) is 5.65. The van der Waals surface area contributed by atoms with Crippen molar-refractivity contribution in [2.45, 2.75) is 57.4 Å². The summed E-state index contributed by atoms with van der Waals surface area (Å²) in [6.45, 7) is 2.04. The highest BCUT2D eigenvalue weighted by molar-refractivity contribution is 5.76. The fraction of sp³-hybridized carbons (Fsp3) is 0.588. The molecule has 1 aromatic carbocycles. The standard InChI is InChI=1S/C17H25NO2/c1-3-5-17(19)18-15-7-4-6-14(12-15)13-8-10-16(20-2)11-9-13/h8-11,14-15H,3-7,12H2,1-2H3,(H,18,19). The van der Waals surface area contributed by atoms with Crippen LogP contribution in [0.5, 0.6) is 5.75 Å². The van der Waals surface area contributed by atoms with Gasteiger partial charge in [0.15, 0.2) is 0 Å². The first kappa shape index (κ1) is 14.9. The van der Waals surface area contributed by atoms with Crippen LogP contribution in [0.15, 0.2) is 24.3 Å². The number of carbonyl (C=O) groups is 1. The monoisotopic (exact) mass is 275 g/mol. The van der Waals surface area contributed by atoms with Crippen molar-refractivity contribution < 1.29 is 9.53 Å². The Balaban J connectivity index is 1.93. The van der Waals surface area contributed by atoms with Crippen LogP contribution in [-0.2, 0) is 4.79 Å². The molecule has 1 amide bonds. The van der Waals surface area contributed by atoms with Gasteiger partial charge in [-0.15, -0.1) is 0 Å². The van der Waals surface area contributed by atoms with Crippen molar-refractivity contribution in [2.24, 2.45) is 0 Å². The van der Waals surface area contributed by atoms with E-state index in [1.807, 2.05) is 19.1 Å². The normalized spacial score (nSPS) is 22.3. The molecule has 0 radical (unpaired) electrons. The summed E-state index contributed by atoms with van der Waals surface area (Å²) in [4.78, 5) is 11.7. The van der Waals surface area contributed by atoms with E-state index in [-0.39, 0.29) is 5.91 Å². The molecule has 110 valence electrons. The van der Waals surface area contributed by atoms with Crippen LogP contribution in [0.3, 0.4) is 0 Å². The van der Waals surface area contributed by atoms with Gasteiger partial charge in [0, 0.05) is 12.5 Å². The first-order chi connectivity index (χ1) is 9.72. The molecule has 1 fully saturated rings. The van der Waals surface area contributed by atoms with Crippen LogP contribution >= 0.6 is 0 Å². The van der Waals surface area contributed by atoms with E-state index < -0.39 is 0 Å². The molecule has 1 aliphatic carbocycles. The Hall–Kier alpha value is -1.51.